The van der Waals surface area contributed by atoms with Crippen molar-refractivity contribution in [3.63, 3.8) is 0 Å². The third-order valence-corrected chi connectivity index (χ3v) is 6.29. The van der Waals surface area contributed by atoms with Crippen molar-refractivity contribution in [1.82, 2.24) is 10.2 Å². The molecule has 1 aromatic heterocycles. The van der Waals surface area contributed by atoms with Crippen LogP contribution in [0.2, 0.25) is 5.02 Å². The number of sulfonamides is 1. The largest absolute Gasteiger partial charge is 0.370 e. The Hall–Kier alpha value is -2.84. The second-order valence-electron chi connectivity index (χ2n) is 6.75. The van der Waals surface area contributed by atoms with Crippen LogP contribution in [0.25, 0.3) is 0 Å². The van der Waals surface area contributed by atoms with Crippen LogP contribution in [0.15, 0.2) is 65.7 Å². The molecule has 3 aromatic rings. The molecule has 29 heavy (non-hydrogen) atoms. The highest BCUT2D eigenvalue weighted by Crippen LogP contribution is 2.24. The van der Waals surface area contributed by atoms with Crippen molar-refractivity contribution in [3.05, 3.63) is 65.8 Å². The van der Waals surface area contributed by atoms with Crippen molar-refractivity contribution in [2.45, 2.75) is 17.7 Å². The molecule has 2 N–H and O–H groups in total. The minimum atomic E-state index is -3.67. The van der Waals surface area contributed by atoms with E-state index in [1.165, 1.54) is 25.0 Å². The van der Waals surface area contributed by atoms with Gasteiger partial charge in [0.15, 0.2) is 5.82 Å². The summed E-state index contributed by atoms with van der Waals surface area (Å²) in [7, 11) is -3.67. The summed E-state index contributed by atoms with van der Waals surface area (Å²) in [6.07, 6.45) is 4.15. The molecule has 7 nitrogen and oxygen atoms in total. The first-order valence-corrected chi connectivity index (χ1v) is 11.1. The van der Waals surface area contributed by atoms with Gasteiger partial charge in [-0.2, -0.15) is 5.10 Å². The molecule has 0 atom stereocenters. The van der Waals surface area contributed by atoms with Crippen LogP contribution in [-0.2, 0) is 10.0 Å². The maximum absolute atomic E-state index is 12.5. The fourth-order valence-corrected chi connectivity index (χ4v) is 4.35. The molecule has 2 aromatic carbocycles. The predicted octanol–water partition coefficient (Wildman–Crippen LogP) is 4.27. The SMILES string of the molecule is O=S(=O)(Nc1ccc(Nc2cc(N3CCCC3)cnn2)cc1)c1ccc(Cl)cc1. The summed E-state index contributed by atoms with van der Waals surface area (Å²) in [6, 6.07) is 14.9. The second kappa shape index (κ2) is 8.26. The zero-order valence-electron chi connectivity index (χ0n) is 15.5. The molecule has 0 spiro atoms. The summed E-state index contributed by atoms with van der Waals surface area (Å²) >= 11 is 5.82. The van der Waals surface area contributed by atoms with E-state index >= 15 is 0 Å². The van der Waals surface area contributed by atoms with Gasteiger partial charge in [0.1, 0.15) is 0 Å². The maximum atomic E-state index is 12.5. The number of hydrogen-bond acceptors (Lipinski definition) is 6. The van der Waals surface area contributed by atoms with Crippen LogP contribution in [0.3, 0.4) is 0 Å². The average Bonchev–Trinajstić information content (AvgIpc) is 3.25. The fourth-order valence-electron chi connectivity index (χ4n) is 3.16. The number of halogens is 1. The molecule has 150 valence electrons. The van der Waals surface area contributed by atoms with Gasteiger partial charge in [0, 0.05) is 35.6 Å². The summed E-state index contributed by atoms with van der Waals surface area (Å²) in [5.74, 6) is 0.642. The number of aromatic nitrogens is 2. The van der Waals surface area contributed by atoms with Crippen molar-refractivity contribution in [1.29, 1.82) is 0 Å². The molecule has 0 saturated carbocycles. The third-order valence-electron chi connectivity index (χ3n) is 4.64. The molecular formula is C20H20ClN5O2S. The fraction of sp³-hybridized carbons (Fsp3) is 0.200. The quantitative estimate of drug-likeness (QED) is 0.608. The van der Waals surface area contributed by atoms with Crippen molar-refractivity contribution in [2.75, 3.05) is 28.0 Å². The topological polar surface area (TPSA) is 87.2 Å². The normalized spacial score (nSPS) is 14.0. The van der Waals surface area contributed by atoms with Crippen LogP contribution in [0.1, 0.15) is 12.8 Å². The van der Waals surface area contributed by atoms with Gasteiger partial charge in [-0.25, -0.2) is 8.42 Å². The van der Waals surface area contributed by atoms with E-state index in [2.05, 4.69) is 25.1 Å². The average molecular weight is 430 g/mol. The first-order chi connectivity index (χ1) is 14.0. The summed E-state index contributed by atoms with van der Waals surface area (Å²) in [6.45, 7) is 2.07. The Morgan fingerprint density at radius 2 is 1.59 bits per heavy atom. The molecule has 0 radical (unpaired) electrons. The van der Waals surface area contributed by atoms with Crippen LogP contribution in [0, 0.1) is 0 Å². The van der Waals surface area contributed by atoms with Crippen molar-refractivity contribution in [3.8, 4) is 0 Å². The first kappa shape index (κ1) is 19.5. The summed E-state index contributed by atoms with van der Waals surface area (Å²) in [5.41, 5.74) is 2.29. The summed E-state index contributed by atoms with van der Waals surface area (Å²) in [5, 5.41) is 11.9. The number of benzene rings is 2. The zero-order valence-corrected chi connectivity index (χ0v) is 17.1. The van der Waals surface area contributed by atoms with Gasteiger partial charge in [0.25, 0.3) is 10.0 Å². The molecule has 9 heteroatoms. The third kappa shape index (κ3) is 4.78. The van der Waals surface area contributed by atoms with Gasteiger partial charge in [0.2, 0.25) is 0 Å². The summed E-state index contributed by atoms with van der Waals surface area (Å²) < 4.78 is 27.5. The molecule has 2 heterocycles. The van der Waals surface area contributed by atoms with E-state index in [9.17, 15) is 8.42 Å². The van der Waals surface area contributed by atoms with Crippen LogP contribution >= 0.6 is 11.6 Å². The lowest BCUT2D eigenvalue weighted by Crippen LogP contribution is -2.18. The molecule has 0 unspecified atom stereocenters. The number of nitrogens with zero attached hydrogens (tertiary/aromatic N) is 3. The number of hydrogen-bond donors (Lipinski definition) is 2. The van der Waals surface area contributed by atoms with Crippen LogP contribution in [-0.4, -0.2) is 31.7 Å². The van der Waals surface area contributed by atoms with E-state index in [1.807, 2.05) is 6.07 Å². The molecule has 0 amide bonds. The lowest BCUT2D eigenvalue weighted by Gasteiger charge is -2.17. The van der Waals surface area contributed by atoms with Gasteiger partial charge in [-0.1, -0.05) is 11.6 Å². The Morgan fingerprint density at radius 3 is 2.28 bits per heavy atom. The highest BCUT2D eigenvalue weighted by molar-refractivity contribution is 7.92. The van der Waals surface area contributed by atoms with E-state index in [-0.39, 0.29) is 4.90 Å². The number of nitrogens with one attached hydrogen (secondary N) is 2. The van der Waals surface area contributed by atoms with Crippen molar-refractivity contribution in [2.24, 2.45) is 0 Å². The van der Waals surface area contributed by atoms with E-state index in [0.717, 1.165) is 24.5 Å². The molecule has 1 saturated heterocycles. The summed E-state index contributed by atoms with van der Waals surface area (Å²) in [4.78, 5) is 2.44. The molecule has 1 aliphatic rings. The van der Waals surface area contributed by atoms with Gasteiger partial charge in [0.05, 0.1) is 16.8 Å². The van der Waals surface area contributed by atoms with Crippen LogP contribution in [0.4, 0.5) is 22.9 Å². The van der Waals surface area contributed by atoms with Gasteiger partial charge in [-0.3, -0.25) is 4.72 Å². The first-order valence-electron chi connectivity index (χ1n) is 9.23. The Morgan fingerprint density at radius 1 is 0.931 bits per heavy atom. The Balaban J connectivity index is 1.44. The van der Waals surface area contributed by atoms with Gasteiger partial charge in [-0.05, 0) is 61.4 Å². The number of anilines is 4. The van der Waals surface area contributed by atoms with Crippen molar-refractivity contribution >= 4 is 44.5 Å². The molecule has 0 aliphatic carbocycles. The predicted molar refractivity (Wildman–Crippen MR) is 115 cm³/mol. The highest BCUT2D eigenvalue weighted by Gasteiger charge is 2.15. The minimum absolute atomic E-state index is 0.151. The number of rotatable bonds is 6. The standard InChI is InChI=1S/C20H20ClN5O2S/c21-15-3-9-19(10-4-15)29(27,28)25-17-7-5-16(6-8-17)23-20-13-18(14-22-24-20)26-11-1-2-12-26/h3-10,13-14,25H,1-2,11-12H2,(H,23,24). The monoisotopic (exact) mass is 429 g/mol. The molecule has 0 bridgehead atoms. The molecule has 1 fully saturated rings. The van der Waals surface area contributed by atoms with Crippen LogP contribution < -0.4 is 14.9 Å². The minimum Gasteiger partial charge on any atom is -0.370 e. The van der Waals surface area contributed by atoms with E-state index in [1.54, 1.807) is 42.6 Å². The maximum Gasteiger partial charge on any atom is 0.261 e. The lowest BCUT2D eigenvalue weighted by molar-refractivity contribution is 0.601. The van der Waals surface area contributed by atoms with Crippen molar-refractivity contribution < 1.29 is 8.42 Å². The molecule has 4 rings (SSSR count). The van der Waals surface area contributed by atoms with E-state index in [0.29, 0.717) is 16.5 Å². The zero-order chi connectivity index (χ0) is 20.3. The Kier molecular flexibility index (Phi) is 5.55. The smallest absolute Gasteiger partial charge is 0.261 e. The van der Waals surface area contributed by atoms with E-state index in [4.69, 9.17) is 11.6 Å². The molecule has 1 aliphatic heterocycles. The lowest BCUT2D eigenvalue weighted by atomic mass is 10.3. The van der Waals surface area contributed by atoms with Crippen LogP contribution in [0.5, 0.6) is 0 Å². The van der Waals surface area contributed by atoms with E-state index < -0.39 is 10.0 Å². The highest BCUT2D eigenvalue weighted by atomic mass is 35.5. The second-order valence-corrected chi connectivity index (χ2v) is 8.87. The Labute approximate surface area is 174 Å². The van der Waals surface area contributed by atoms with Gasteiger partial charge in [-0.15, -0.1) is 5.10 Å². The molecular weight excluding hydrogens is 410 g/mol. The van der Waals surface area contributed by atoms with Gasteiger partial charge >= 0.3 is 0 Å². The van der Waals surface area contributed by atoms with Gasteiger partial charge < -0.3 is 10.2 Å². The Bertz CT molecular complexity index is 1080.